The molecule has 0 aliphatic carbocycles. The first-order valence-electron chi connectivity index (χ1n) is 11.5. The van der Waals surface area contributed by atoms with Gasteiger partial charge in [0.05, 0.1) is 24.2 Å². The minimum Gasteiger partial charge on any atom is -0.353 e. The van der Waals surface area contributed by atoms with Gasteiger partial charge in [0, 0.05) is 28.6 Å². The Bertz CT molecular complexity index is 682. The van der Waals surface area contributed by atoms with Gasteiger partial charge in [-0.05, 0) is 38.3 Å². The second kappa shape index (κ2) is 12.6. The molecule has 4 saturated heterocycles. The Kier molecular flexibility index (Phi) is 9.86. The lowest BCUT2D eigenvalue weighted by Gasteiger charge is -2.16. The van der Waals surface area contributed by atoms with Gasteiger partial charge in [-0.3, -0.25) is 4.79 Å². The molecule has 0 bridgehead atoms. The summed E-state index contributed by atoms with van der Waals surface area (Å²) in [5, 5.41) is 15.7. The smallest absolute Gasteiger partial charge is 0.315 e. The third-order valence-corrected chi connectivity index (χ3v) is 9.24. The molecule has 4 fully saturated rings. The van der Waals surface area contributed by atoms with Gasteiger partial charge < -0.3 is 32.3 Å². The van der Waals surface area contributed by atoms with Crippen molar-refractivity contribution in [3.8, 4) is 0 Å². The summed E-state index contributed by atoms with van der Waals surface area (Å²) < 4.78 is 0. The van der Waals surface area contributed by atoms with E-state index in [-0.39, 0.29) is 24.0 Å². The van der Waals surface area contributed by atoms with Gasteiger partial charge in [0.25, 0.3) is 0 Å². The molecule has 0 aromatic heterocycles. The van der Waals surface area contributed by atoms with E-state index in [0.717, 1.165) is 43.7 Å². The Morgan fingerprint density at radius 2 is 1.47 bits per heavy atom. The monoisotopic (exact) mass is 484 g/mol. The van der Waals surface area contributed by atoms with Gasteiger partial charge >= 0.3 is 12.1 Å². The van der Waals surface area contributed by atoms with E-state index in [1.165, 1.54) is 18.9 Å². The molecule has 4 rings (SSSR count). The lowest BCUT2D eigenvalue weighted by atomic mass is 10.0. The highest BCUT2D eigenvalue weighted by atomic mass is 32.2. The van der Waals surface area contributed by atoms with Gasteiger partial charge in [0.15, 0.2) is 0 Å². The second-order valence-corrected chi connectivity index (χ2v) is 11.1. The van der Waals surface area contributed by atoms with Crippen LogP contribution >= 0.6 is 23.5 Å². The van der Waals surface area contributed by atoms with Gasteiger partial charge in [0.1, 0.15) is 0 Å². The predicted molar refractivity (Wildman–Crippen MR) is 131 cm³/mol. The number of nitrogens with two attached hydrogens (primary N) is 1. The minimum absolute atomic E-state index is 0.00382. The zero-order valence-corrected chi connectivity index (χ0v) is 20.1. The number of urea groups is 2. The van der Waals surface area contributed by atoms with Crippen molar-refractivity contribution in [2.24, 2.45) is 5.73 Å². The molecule has 4 aliphatic heterocycles. The number of rotatable bonds is 10. The molecule has 11 heteroatoms. The molecule has 0 aromatic rings. The molecule has 0 aromatic carbocycles. The molecule has 0 spiro atoms. The number of amides is 5. The molecular formula is C21H36N6O3S2. The molecular weight excluding hydrogens is 448 g/mol. The third kappa shape index (κ3) is 6.95. The lowest BCUT2D eigenvalue weighted by Crippen LogP contribution is -2.36. The van der Waals surface area contributed by atoms with Crippen LogP contribution in [0.5, 0.6) is 0 Å². The summed E-state index contributed by atoms with van der Waals surface area (Å²) in [4.78, 5) is 33.2. The van der Waals surface area contributed by atoms with Crippen LogP contribution in [0.25, 0.3) is 0 Å². The molecule has 7 N–H and O–H groups in total. The van der Waals surface area contributed by atoms with E-state index >= 15 is 0 Å². The van der Waals surface area contributed by atoms with Crippen LogP contribution in [-0.4, -0.2) is 77.2 Å². The zero-order chi connectivity index (χ0) is 22.9. The van der Waals surface area contributed by atoms with Crippen LogP contribution in [0.15, 0.2) is 12.7 Å². The van der Waals surface area contributed by atoms with Crippen LogP contribution in [0, 0.1) is 0 Å². The SMILES string of the molecule is C=CC(=O)NCCCC[C@@H]1SC[C@@H]2NC(=O)N[C@@H]21.NCCCC[C@@H]1SC[C@@H]2NC(=O)N[C@@H]21. The van der Waals surface area contributed by atoms with E-state index < -0.39 is 0 Å². The Hall–Kier alpha value is -1.59. The number of unbranched alkanes of at least 4 members (excludes halogenated alkanes) is 2. The van der Waals surface area contributed by atoms with E-state index in [1.54, 1.807) is 0 Å². The van der Waals surface area contributed by atoms with E-state index in [0.29, 0.717) is 35.2 Å². The van der Waals surface area contributed by atoms with Crippen molar-refractivity contribution < 1.29 is 14.4 Å². The van der Waals surface area contributed by atoms with Crippen LogP contribution in [-0.2, 0) is 4.79 Å². The average Bonchev–Trinajstić information content (AvgIpc) is 3.51. The molecule has 4 aliphatic rings. The molecule has 9 nitrogen and oxygen atoms in total. The number of hydrogen-bond donors (Lipinski definition) is 6. The van der Waals surface area contributed by atoms with Crippen LogP contribution in [0.2, 0.25) is 0 Å². The van der Waals surface area contributed by atoms with Crippen LogP contribution in [0.1, 0.15) is 38.5 Å². The number of carbonyl (C=O) groups is 3. The maximum atomic E-state index is 11.2. The summed E-state index contributed by atoms with van der Waals surface area (Å²) in [5.74, 6) is 1.94. The topological polar surface area (TPSA) is 137 Å². The van der Waals surface area contributed by atoms with Crippen molar-refractivity contribution in [3.63, 3.8) is 0 Å². The largest absolute Gasteiger partial charge is 0.353 e. The van der Waals surface area contributed by atoms with Crippen LogP contribution < -0.4 is 32.3 Å². The number of nitrogens with one attached hydrogen (secondary N) is 5. The zero-order valence-electron chi connectivity index (χ0n) is 18.4. The molecule has 6 atom stereocenters. The third-order valence-electron chi connectivity index (χ3n) is 6.22. The second-order valence-electron chi connectivity index (χ2n) is 8.52. The number of fused-ring (bicyclic) bond motifs is 2. The first-order chi connectivity index (χ1) is 15.5. The summed E-state index contributed by atoms with van der Waals surface area (Å²) in [7, 11) is 0. The van der Waals surface area contributed by atoms with Gasteiger partial charge in [-0.15, -0.1) is 0 Å². The summed E-state index contributed by atoms with van der Waals surface area (Å²) in [6.45, 7) is 4.87. The maximum absolute atomic E-state index is 11.2. The van der Waals surface area contributed by atoms with Crippen LogP contribution in [0.4, 0.5) is 9.59 Å². The quantitative estimate of drug-likeness (QED) is 0.155. The highest BCUT2D eigenvalue weighted by Crippen LogP contribution is 2.33. The highest BCUT2D eigenvalue weighted by Gasteiger charge is 2.43. The molecule has 0 unspecified atom stereocenters. The van der Waals surface area contributed by atoms with E-state index in [9.17, 15) is 14.4 Å². The van der Waals surface area contributed by atoms with Crippen molar-refractivity contribution in [2.75, 3.05) is 24.6 Å². The van der Waals surface area contributed by atoms with Gasteiger partial charge in [-0.2, -0.15) is 23.5 Å². The van der Waals surface area contributed by atoms with Crippen molar-refractivity contribution in [3.05, 3.63) is 12.7 Å². The summed E-state index contributed by atoms with van der Waals surface area (Å²) in [6.07, 6.45) is 7.84. The van der Waals surface area contributed by atoms with Crippen LogP contribution in [0.3, 0.4) is 0 Å². The first kappa shape index (κ1) is 25.0. The summed E-state index contributed by atoms with van der Waals surface area (Å²) in [6, 6.07) is 1.26. The summed E-state index contributed by atoms with van der Waals surface area (Å²) >= 11 is 3.89. The van der Waals surface area contributed by atoms with E-state index in [4.69, 9.17) is 5.73 Å². The fourth-order valence-electron chi connectivity index (χ4n) is 4.53. The fraction of sp³-hybridized carbons (Fsp3) is 0.762. The minimum atomic E-state index is -0.113. The standard InChI is InChI=1S/C12H19N3O2S.C9H17N3OS/c1-2-10(16)13-6-4-3-5-9-11-8(7-18-9)14-12(17)15-11;10-4-2-1-3-7-8-6(5-14-7)11-9(13)12-8/h2,8-9,11H,1,3-7H2,(H,13,16)(H2,14,15,17);6-8H,1-5,10H2,(H2,11,12,13)/t8-,9-,11-;6-,7-,8-/m00/s1. The van der Waals surface area contributed by atoms with Crippen molar-refractivity contribution in [1.82, 2.24) is 26.6 Å². The molecule has 0 radical (unpaired) electrons. The van der Waals surface area contributed by atoms with E-state index in [1.807, 2.05) is 23.5 Å². The lowest BCUT2D eigenvalue weighted by molar-refractivity contribution is -0.116. The Balaban J connectivity index is 0.000000186. The average molecular weight is 485 g/mol. The van der Waals surface area contributed by atoms with Gasteiger partial charge in [-0.1, -0.05) is 19.4 Å². The first-order valence-corrected chi connectivity index (χ1v) is 13.6. The number of carbonyl (C=O) groups excluding carboxylic acids is 3. The maximum Gasteiger partial charge on any atom is 0.315 e. The molecule has 32 heavy (non-hydrogen) atoms. The molecule has 5 amide bonds. The number of hydrogen-bond acceptors (Lipinski definition) is 6. The normalized spacial score (nSPS) is 31.9. The fourth-order valence-corrected chi connectivity index (χ4v) is 7.62. The predicted octanol–water partition coefficient (Wildman–Crippen LogP) is 0.905. The van der Waals surface area contributed by atoms with Gasteiger partial charge in [-0.25, -0.2) is 9.59 Å². The van der Waals surface area contributed by atoms with Crippen molar-refractivity contribution >= 4 is 41.5 Å². The Morgan fingerprint density at radius 1 is 0.938 bits per heavy atom. The molecule has 0 saturated carbocycles. The molecule has 180 valence electrons. The molecule has 4 heterocycles. The summed E-state index contributed by atoms with van der Waals surface area (Å²) in [5.41, 5.74) is 5.45. The van der Waals surface area contributed by atoms with Crippen molar-refractivity contribution in [2.45, 2.75) is 73.2 Å². The van der Waals surface area contributed by atoms with Gasteiger partial charge in [0.2, 0.25) is 5.91 Å². The Morgan fingerprint density at radius 3 is 1.97 bits per heavy atom. The van der Waals surface area contributed by atoms with E-state index in [2.05, 4.69) is 33.2 Å². The Labute approximate surface area is 198 Å². The highest BCUT2D eigenvalue weighted by molar-refractivity contribution is 8.00. The number of thioether (sulfide) groups is 2. The van der Waals surface area contributed by atoms with Crippen molar-refractivity contribution in [1.29, 1.82) is 0 Å².